The summed E-state index contributed by atoms with van der Waals surface area (Å²) in [6.45, 7) is 3.44. The molecule has 40 heavy (non-hydrogen) atoms. The Labute approximate surface area is 235 Å². The minimum absolute atomic E-state index is 0.00528. The number of hydrogen-bond acceptors (Lipinski definition) is 6. The maximum absolute atomic E-state index is 13.3. The van der Waals surface area contributed by atoms with Gasteiger partial charge in [-0.1, -0.05) is 30.3 Å². The lowest BCUT2D eigenvalue weighted by molar-refractivity contribution is 0.170. The van der Waals surface area contributed by atoms with Crippen LogP contribution in [0.1, 0.15) is 42.5 Å². The first kappa shape index (κ1) is 26.1. The molecule has 2 aliphatic rings. The first-order valence-electron chi connectivity index (χ1n) is 13.7. The normalized spacial score (nSPS) is 17.7. The third-order valence-electron chi connectivity index (χ3n) is 7.93. The Balaban J connectivity index is 1.25. The predicted octanol–water partition coefficient (Wildman–Crippen LogP) is 5.02. The van der Waals surface area contributed by atoms with Crippen molar-refractivity contribution in [3.05, 3.63) is 95.7 Å². The zero-order chi connectivity index (χ0) is 27.9. The van der Waals surface area contributed by atoms with Crippen LogP contribution in [-0.4, -0.2) is 44.2 Å². The second-order valence-electron chi connectivity index (χ2n) is 10.4. The van der Waals surface area contributed by atoms with Crippen molar-refractivity contribution in [1.82, 2.24) is 4.98 Å². The second kappa shape index (κ2) is 10.5. The molecular weight excluding hydrogens is 522 g/mol. The molecule has 0 radical (unpaired) electrons. The van der Waals surface area contributed by atoms with E-state index in [9.17, 15) is 8.42 Å². The smallest absolute Gasteiger partial charge is 0.235 e. The van der Waals surface area contributed by atoms with Crippen LogP contribution in [0.15, 0.2) is 79.0 Å². The maximum Gasteiger partial charge on any atom is 0.235 e. The molecule has 0 saturated carbocycles. The number of piperidine rings is 1. The van der Waals surface area contributed by atoms with Gasteiger partial charge in [0, 0.05) is 44.1 Å². The number of rotatable bonds is 7. The molecule has 2 aliphatic heterocycles. The summed E-state index contributed by atoms with van der Waals surface area (Å²) in [6.07, 6.45) is 4.26. The van der Waals surface area contributed by atoms with E-state index in [0.29, 0.717) is 17.7 Å². The van der Waals surface area contributed by atoms with Crippen LogP contribution in [-0.2, 0) is 16.4 Å². The standard InChI is InChI=1S/C31H33N5O3S/c1-2-40(37,38)36-28-11-10-27(39-26-12-15-35(16-13-26)30-5-3-4-14-34-30)19-25(28)20-29(36)22-8-6-21-7-9-23(31(32)33)18-24(21)17-22/h3-11,14,17-19,26,29H,2,12-13,15-16,20H2,1H3,(H3,32,33). The fourth-order valence-electron chi connectivity index (χ4n) is 5.78. The molecule has 1 unspecified atom stereocenters. The van der Waals surface area contributed by atoms with Crippen molar-refractivity contribution in [3.63, 3.8) is 0 Å². The summed E-state index contributed by atoms with van der Waals surface area (Å²) in [6, 6.07) is 23.0. The van der Waals surface area contributed by atoms with Crippen LogP contribution < -0.4 is 19.7 Å². The number of nitrogens with two attached hydrogens (primary N) is 1. The number of pyridine rings is 1. The van der Waals surface area contributed by atoms with E-state index < -0.39 is 10.0 Å². The van der Waals surface area contributed by atoms with Gasteiger partial charge in [0.15, 0.2) is 0 Å². The summed E-state index contributed by atoms with van der Waals surface area (Å²) in [5.74, 6) is 1.78. The van der Waals surface area contributed by atoms with Gasteiger partial charge in [0.25, 0.3) is 0 Å². The molecular formula is C31H33N5O3S. The monoisotopic (exact) mass is 555 g/mol. The van der Waals surface area contributed by atoms with Crippen molar-refractivity contribution >= 4 is 38.1 Å². The fraction of sp³-hybridized carbons (Fsp3) is 0.290. The highest BCUT2D eigenvalue weighted by Gasteiger charge is 2.38. The molecule has 8 nitrogen and oxygen atoms in total. The van der Waals surface area contributed by atoms with E-state index in [4.69, 9.17) is 15.9 Å². The molecule has 1 fully saturated rings. The lowest BCUT2D eigenvalue weighted by Gasteiger charge is -2.33. The van der Waals surface area contributed by atoms with Gasteiger partial charge in [-0.15, -0.1) is 0 Å². The molecule has 3 aromatic carbocycles. The maximum atomic E-state index is 13.3. The molecule has 6 rings (SSSR count). The molecule has 3 heterocycles. The van der Waals surface area contributed by atoms with Crippen molar-refractivity contribution in [2.75, 3.05) is 28.0 Å². The van der Waals surface area contributed by atoms with Gasteiger partial charge in [-0.05, 0) is 71.3 Å². The Morgan fingerprint density at radius 3 is 2.55 bits per heavy atom. The number of nitrogen functional groups attached to an aromatic ring is 1. The Hall–Kier alpha value is -4.11. The summed E-state index contributed by atoms with van der Waals surface area (Å²) >= 11 is 0. The van der Waals surface area contributed by atoms with Gasteiger partial charge in [-0.25, -0.2) is 13.4 Å². The zero-order valence-electron chi connectivity index (χ0n) is 22.5. The third-order valence-corrected chi connectivity index (χ3v) is 9.71. The van der Waals surface area contributed by atoms with E-state index in [1.807, 2.05) is 79.0 Å². The Kier molecular flexibility index (Phi) is 6.83. The summed E-state index contributed by atoms with van der Waals surface area (Å²) < 4.78 is 34.7. The van der Waals surface area contributed by atoms with Crippen LogP contribution in [0.2, 0.25) is 0 Å². The second-order valence-corrected chi connectivity index (χ2v) is 12.6. The predicted molar refractivity (Wildman–Crippen MR) is 160 cm³/mol. The van der Waals surface area contributed by atoms with Crippen molar-refractivity contribution in [2.45, 2.75) is 38.3 Å². The molecule has 206 valence electrons. The van der Waals surface area contributed by atoms with E-state index in [1.54, 1.807) is 11.2 Å². The van der Waals surface area contributed by atoms with Crippen molar-refractivity contribution < 1.29 is 13.2 Å². The number of hydrogen-bond donors (Lipinski definition) is 2. The topological polar surface area (TPSA) is 113 Å². The van der Waals surface area contributed by atoms with E-state index in [2.05, 4.69) is 9.88 Å². The number of benzene rings is 3. The van der Waals surface area contributed by atoms with Gasteiger partial charge in [-0.2, -0.15) is 0 Å². The van der Waals surface area contributed by atoms with E-state index in [-0.39, 0.29) is 23.7 Å². The van der Waals surface area contributed by atoms with Crippen molar-refractivity contribution in [3.8, 4) is 5.75 Å². The first-order valence-corrected chi connectivity index (χ1v) is 15.3. The molecule has 1 aromatic heterocycles. The van der Waals surface area contributed by atoms with E-state index in [1.165, 1.54) is 0 Å². The number of amidine groups is 1. The molecule has 1 saturated heterocycles. The highest BCUT2D eigenvalue weighted by atomic mass is 32.2. The lowest BCUT2D eigenvalue weighted by Crippen LogP contribution is -2.38. The number of anilines is 2. The Morgan fingerprint density at radius 1 is 1.02 bits per heavy atom. The summed E-state index contributed by atoms with van der Waals surface area (Å²) in [7, 11) is -3.53. The minimum Gasteiger partial charge on any atom is -0.490 e. The number of fused-ring (bicyclic) bond motifs is 2. The third kappa shape index (κ3) is 4.97. The number of ether oxygens (including phenoxy) is 1. The summed E-state index contributed by atoms with van der Waals surface area (Å²) in [5.41, 5.74) is 8.94. The summed E-state index contributed by atoms with van der Waals surface area (Å²) in [4.78, 5) is 6.74. The van der Waals surface area contributed by atoms with Crippen molar-refractivity contribution in [1.29, 1.82) is 5.41 Å². The molecule has 9 heteroatoms. The van der Waals surface area contributed by atoms with E-state index >= 15 is 0 Å². The van der Waals surface area contributed by atoms with E-state index in [0.717, 1.165) is 59.4 Å². The molecule has 0 spiro atoms. The quantitative estimate of drug-likeness (QED) is 0.245. The number of aromatic nitrogens is 1. The lowest BCUT2D eigenvalue weighted by atomic mass is 9.98. The minimum atomic E-state index is -3.53. The van der Waals surface area contributed by atoms with Gasteiger partial charge in [-0.3, -0.25) is 9.71 Å². The van der Waals surface area contributed by atoms with Gasteiger partial charge in [0.2, 0.25) is 10.0 Å². The van der Waals surface area contributed by atoms with Crippen molar-refractivity contribution in [2.24, 2.45) is 5.73 Å². The van der Waals surface area contributed by atoms with Gasteiger partial charge >= 0.3 is 0 Å². The van der Waals surface area contributed by atoms with Crippen LogP contribution in [0.25, 0.3) is 10.8 Å². The largest absolute Gasteiger partial charge is 0.490 e. The Morgan fingerprint density at radius 2 is 1.82 bits per heavy atom. The highest BCUT2D eigenvalue weighted by Crippen LogP contribution is 2.44. The highest BCUT2D eigenvalue weighted by molar-refractivity contribution is 7.92. The van der Waals surface area contributed by atoms with Crippen LogP contribution in [0, 0.1) is 5.41 Å². The molecule has 3 N–H and O–H groups in total. The van der Waals surface area contributed by atoms with Crippen LogP contribution in [0.5, 0.6) is 5.75 Å². The average Bonchev–Trinajstić information content (AvgIpc) is 3.37. The van der Waals surface area contributed by atoms with Crippen LogP contribution >= 0.6 is 0 Å². The van der Waals surface area contributed by atoms with Gasteiger partial charge in [0.1, 0.15) is 23.5 Å². The SMILES string of the molecule is CCS(=O)(=O)N1c2ccc(OC3CCN(c4ccccn4)CC3)cc2CC1c1ccc2ccc(C(=N)N)cc2c1. The van der Waals surface area contributed by atoms with Gasteiger partial charge < -0.3 is 15.4 Å². The average molecular weight is 556 g/mol. The molecule has 1 atom stereocenters. The molecule has 0 bridgehead atoms. The number of sulfonamides is 1. The first-order chi connectivity index (χ1) is 19.3. The number of nitrogens with one attached hydrogen (secondary N) is 1. The molecule has 0 aliphatic carbocycles. The molecule has 0 amide bonds. The fourth-order valence-corrected chi connectivity index (χ4v) is 7.12. The Bertz CT molecular complexity index is 1670. The molecule has 4 aromatic rings. The summed E-state index contributed by atoms with van der Waals surface area (Å²) in [5, 5.41) is 9.73. The van der Waals surface area contributed by atoms with Crippen LogP contribution in [0.3, 0.4) is 0 Å². The zero-order valence-corrected chi connectivity index (χ0v) is 23.3. The van der Waals surface area contributed by atoms with Gasteiger partial charge in [0.05, 0.1) is 17.5 Å². The number of nitrogens with zero attached hydrogens (tertiary/aromatic N) is 3. The van der Waals surface area contributed by atoms with Crippen LogP contribution in [0.4, 0.5) is 11.5 Å².